The van der Waals surface area contributed by atoms with Gasteiger partial charge in [0.05, 0.1) is 19.7 Å². The van der Waals surface area contributed by atoms with Crippen LogP contribution in [0.1, 0.15) is 36.8 Å². The monoisotopic (exact) mass is 564 g/mol. The van der Waals surface area contributed by atoms with E-state index in [2.05, 4.69) is 0 Å². The van der Waals surface area contributed by atoms with Gasteiger partial charge in [0.15, 0.2) is 0 Å². The van der Waals surface area contributed by atoms with Gasteiger partial charge in [-0.25, -0.2) is 9.59 Å². The largest absolute Gasteiger partial charge is 0.459 e. The molecule has 0 amide bonds. The Labute approximate surface area is 224 Å². The topological polar surface area (TPSA) is 277 Å². The number of nitrogens with two attached hydrogens (primary N) is 2. The number of esters is 2. The molecule has 0 aliphatic rings. The van der Waals surface area contributed by atoms with Crippen LogP contribution in [0.25, 0.3) is 0 Å². The average Bonchev–Trinajstić information content (AvgIpc) is 2.91. The number of hydrogen-bond donors (Lipinski definition) is 2. The van der Waals surface area contributed by atoms with Crippen LogP contribution < -0.4 is 11.5 Å². The van der Waals surface area contributed by atoms with Crippen molar-refractivity contribution in [1.29, 1.82) is 0 Å². The predicted octanol–water partition coefficient (Wildman–Crippen LogP) is 2.32. The second-order valence-electron chi connectivity index (χ2n) is 8.40. The summed E-state index contributed by atoms with van der Waals surface area (Å²) >= 11 is 0. The quantitative estimate of drug-likeness (QED) is 0.103. The van der Waals surface area contributed by atoms with E-state index in [-0.39, 0.29) is 24.0 Å². The van der Waals surface area contributed by atoms with Crippen LogP contribution in [0.3, 0.4) is 0 Å². The Balaban J connectivity index is 2.22. The Bertz CT molecular complexity index is 1240. The summed E-state index contributed by atoms with van der Waals surface area (Å²) in [5.41, 5.74) is 5.97. The summed E-state index contributed by atoms with van der Waals surface area (Å²) in [5.74, 6) is -2.53. The van der Waals surface area contributed by atoms with Crippen molar-refractivity contribution in [2.24, 2.45) is 11.5 Å². The Hall–Kier alpha value is -5.10. The molecule has 0 unspecified atom stereocenters. The van der Waals surface area contributed by atoms with Crippen molar-refractivity contribution in [3.63, 3.8) is 0 Å². The fourth-order valence-electron chi connectivity index (χ4n) is 3.49. The Morgan fingerprint density at radius 2 is 1.07 bits per heavy atom. The van der Waals surface area contributed by atoms with E-state index in [1.54, 1.807) is 0 Å². The highest BCUT2D eigenvalue weighted by molar-refractivity contribution is 6.04. The predicted molar refractivity (Wildman–Crippen MR) is 134 cm³/mol. The summed E-state index contributed by atoms with van der Waals surface area (Å²) in [6.45, 7) is -0.910. The maximum absolute atomic E-state index is 12.9. The molecular formula is C22H24N6O12. The SMILES string of the molecule is NCCCCCC(N)(C(=O)OCc1ccc([N+](=O)[O-])c([N+](=O)[O-])c1)C(=O)OCc1ccc([N+](=O)[O-])c([N+](=O)[O-])c1. The first-order chi connectivity index (χ1) is 18.8. The molecule has 214 valence electrons. The Morgan fingerprint density at radius 1 is 0.675 bits per heavy atom. The van der Waals surface area contributed by atoms with E-state index in [0.717, 1.165) is 36.4 Å². The molecule has 0 aliphatic carbocycles. The highest BCUT2D eigenvalue weighted by Crippen LogP contribution is 2.29. The first kappa shape index (κ1) is 31.1. The molecule has 18 nitrogen and oxygen atoms in total. The average molecular weight is 564 g/mol. The molecular weight excluding hydrogens is 540 g/mol. The van der Waals surface area contributed by atoms with Gasteiger partial charge in [-0.3, -0.25) is 40.5 Å². The maximum Gasteiger partial charge on any atom is 0.346 e. The summed E-state index contributed by atoms with van der Waals surface area (Å²) in [4.78, 5) is 66.3. The number of nitro benzene ring substituents is 4. The van der Waals surface area contributed by atoms with Crippen molar-refractivity contribution in [1.82, 2.24) is 0 Å². The number of nitro groups is 4. The molecule has 2 rings (SSSR count). The molecule has 4 N–H and O–H groups in total. The van der Waals surface area contributed by atoms with Gasteiger partial charge >= 0.3 is 34.7 Å². The van der Waals surface area contributed by atoms with Gasteiger partial charge in [0.25, 0.3) is 0 Å². The van der Waals surface area contributed by atoms with Crippen LogP contribution in [-0.4, -0.2) is 43.7 Å². The minimum Gasteiger partial charge on any atom is -0.459 e. The number of benzene rings is 2. The molecule has 0 atom stereocenters. The second-order valence-corrected chi connectivity index (χ2v) is 8.40. The molecule has 0 spiro atoms. The molecule has 0 heterocycles. The number of ether oxygens (including phenoxy) is 2. The first-order valence-corrected chi connectivity index (χ1v) is 11.5. The lowest BCUT2D eigenvalue weighted by Gasteiger charge is -2.25. The van der Waals surface area contributed by atoms with E-state index in [4.69, 9.17) is 20.9 Å². The molecule has 0 bridgehead atoms. The number of unbranched alkanes of at least 4 members (excludes halogenated alkanes) is 2. The van der Waals surface area contributed by atoms with Crippen molar-refractivity contribution in [3.8, 4) is 0 Å². The lowest BCUT2D eigenvalue weighted by Crippen LogP contribution is -2.56. The van der Waals surface area contributed by atoms with E-state index in [1.165, 1.54) is 0 Å². The van der Waals surface area contributed by atoms with Gasteiger partial charge in [-0.1, -0.05) is 12.8 Å². The molecule has 2 aromatic carbocycles. The number of carbonyl (C=O) groups is 2. The number of carbonyl (C=O) groups excluding carboxylic acids is 2. The molecule has 0 radical (unpaired) electrons. The van der Waals surface area contributed by atoms with Gasteiger partial charge in [0.1, 0.15) is 13.2 Å². The fraction of sp³-hybridized carbons (Fsp3) is 0.364. The molecule has 0 aliphatic heterocycles. The lowest BCUT2D eigenvalue weighted by molar-refractivity contribution is -0.422. The van der Waals surface area contributed by atoms with E-state index >= 15 is 0 Å². The van der Waals surface area contributed by atoms with Gasteiger partial charge in [-0.05, 0) is 42.6 Å². The van der Waals surface area contributed by atoms with Crippen molar-refractivity contribution < 1.29 is 38.8 Å². The van der Waals surface area contributed by atoms with Crippen LogP contribution in [0.15, 0.2) is 36.4 Å². The fourth-order valence-corrected chi connectivity index (χ4v) is 3.49. The van der Waals surface area contributed by atoms with Gasteiger partial charge in [-0.2, -0.15) is 0 Å². The maximum atomic E-state index is 12.9. The normalized spacial score (nSPS) is 10.9. The van der Waals surface area contributed by atoms with Crippen LogP contribution in [0, 0.1) is 40.5 Å². The summed E-state index contributed by atoms with van der Waals surface area (Å²) < 4.78 is 10.2. The third-order valence-corrected chi connectivity index (χ3v) is 5.61. The molecule has 0 saturated carbocycles. The van der Waals surface area contributed by atoms with E-state index in [0.29, 0.717) is 19.4 Å². The van der Waals surface area contributed by atoms with Crippen LogP contribution in [0.4, 0.5) is 22.7 Å². The Kier molecular flexibility index (Phi) is 10.6. The zero-order chi connectivity index (χ0) is 30.0. The van der Waals surface area contributed by atoms with E-state index < -0.39 is 73.1 Å². The second kappa shape index (κ2) is 13.6. The highest BCUT2D eigenvalue weighted by atomic mass is 16.6. The lowest BCUT2D eigenvalue weighted by atomic mass is 9.93. The summed E-state index contributed by atoms with van der Waals surface area (Å²) in [6.07, 6.45) is 1.02. The molecule has 2 aromatic rings. The summed E-state index contributed by atoms with van der Waals surface area (Å²) in [5, 5.41) is 44.3. The third-order valence-electron chi connectivity index (χ3n) is 5.61. The molecule has 18 heteroatoms. The standard InChI is InChI=1S/C22H24N6O12/c23-9-3-1-2-8-22(24,20(29)39-12-14-4-6-16(25(31)32)18(10-14)27(35)36)21(30)40-13-15-5-7-17(26(33)34)19(11-15)28(37)38/h4-7,10-11H,1-3,8-9,12-13,23-24H2. The van der Waals surface area contributed by atoms with E-state index in [1.807, 2.05) is 0 Å². The molecule has 0 aromatic heterocycles. The number of nitrogens with zero attached hydrogens (tertiary/aromatic N) is 4. The van der Waals surface area contributed by atoms with Crippen LogP contribution in [0.2, 0.25) is 0 Å². The minimum absolute atomic E-state index is 0.00249. The van der Waals surface area contributed by atoms with Gasteiger partial charge < -0.3 is 20.9 Å². The number of hydrogen-bond acceptors (Lipinski definition) is 14. The molecule has 0 saturated heterocycles. The van der Waals surface area contributed by atoms with Crippen molar-refractivity contribution in [2.45, 2.75) is 44.4 Å². The van der Waals surface area contributed by atoms with Crippen LogP contribution in [-0.2, 0) is 32.3 Å². The van der Waals surface area contributed by atoms with Gasteiger partial charge in [-0.15, -0.1) is 0 Å². The first-order valence-electron chi connectivity index (χ1n) is 11.5. The van der Waals surface area contributed by atoms with E-state index in [9.17, 15) is 50.0 Å². The molecule has 0 fully saturated rings. The van der Waals surface area contributed by atoms with Crippen LogP contribution in [0.5, 0.6) is 0 Å². The van der Waals surface area contributed by atoms with Crippen LogP contribution >= 0.6 is 0 Å². The van der Waals surface area contributed by atoms with Gasteiger partial charge in [0.2, 0.25) is 5.54 Å². The zero-order valence-corrected chi connectivity index (χ0v) is 20.8. The van der Waals surface area contributed by atoms with Gasteiger partial charge in [0, 0.05) is 24.3 Å². The van der Waals surface area contributed by atoms with Crippen molar-refractivity contribution >= 4 is 34.7 Å². The smallest absolute Gasteiger partial charge is 0.346 e. The zero-order valence-electron chi connectivity index (χ0n) is 20.8. The third kappa shape index (κ3) is 7.71. The number of rotatable bonds is 15. The Morgan fingerprint density at radius 3 is 1.43 bits per heavy atom. The van der Waals surface area contributed by atoms with Crippen molar-refractivity contribution in [3.05, 3.63) is 88.0 Å². The minimum atomic E-state index is -2.37. The van der Waals surface area contributed by atoms with Crippen molar-refractivity contribution in [2.75, 3.05) is 6.54 Å². The molecule has 40 heavy (non-hydrogen) atoms. The summed E-state index contributed by atoms with van der Waals surface area (Å²) in [6, 6.07) is 5.65. The summed E-state index contributed by atoms with van der Waals surface area (Å²) in [7, 11) is 0. The highest BCUT2D eigenvalue weighted by Gasteiger charge is 2.45.